The molecular formula is C12H14ClNS. The molecule has 2 rings (SSSR count). The van der Waals surface area contributed by atoms with Crippen molar-refractivity contribution in [1.82, 2.24) is 0 Å². The van der Waals surface area contributed by atoms with E-state index < -0.39 is 0 Å². The van der Waals surface area contributed by atoms with Gasteiger partial charge in [0.25, 0.3) is 0 Å². The SMILES string of the molecule is Clc1ccccc1CCC1=NCCCS1. The van der Waals surface area contributed by atoms with E-state index in [0.29, 0.717) is 0 Å². The Morgan fingerprint density at radius 2 is 2.13 bits per heavy atom. The van der Waals surface area contributed by atoms with Crippen LogP contribution < -0.4 is 0 Å². The van der Waals surface area contributed by atoms with E-state index in [-0.39, 0.29) is 0 Å². The van der Waals surface area contributed by atoms with Crippen molar-refractivity contribution in [3.63, 3.8) is 0 Å². The molecule has 0 aromatic heterocycles. The molecule has 0 aliphatic carbocycles. The van der Waals surface area contributed by atoms with Crippen molar-refractivity contribution in [3.05, 3.63) is 34.9 Å². The lowest BCUT2D eigenvalue weighted by Crippen LogP contribution is -2.04. The lowest BCUT2D eigenvalue weighted by Gasteiger charge is -2.11. The Balaban J connectivity index is 1.93. The first-order valence-electron chi connectivity index (χ1n) is 5.26. The molecule has 0 radical (unpaired) electrons. The number of benzene rings is 1. The van der Waals surface area contributed by atoms with Crippen molar-refractivity contribution >= 4 is 28.4 Å². The Hall–Kier alpha value is -0.470. The average molecular weight is 240 g/mol. The van der Waals surface area contributed by atoms with E-state index in [2.05, 4.69) is 11.1 Å². The summed E-state index contributed by atoms with van der Waals surface area (Å²) in [5.74, 6) is 1.22. The predicted molar refractivity (Wildman–Crippen MR) is 69.2 cm³/mol. The number of halogens is 1. The summed E-state index contributed by atoms with van der Waals surface area (Å²) in [6.07, 6.45) is 3.26. The van der Waals surface area contributed by atoms with Crippen molar-refractivity contribution in [2.45, 2.75) is 19.3 Å². The fourth-order valence-corrected chi connectivity index (χ4v) is 2.77. The molecule has 0 unspecified atom stereocenters. The smallest absolute Gasteiger partial charge is 0.0679 e. The summed E-state index contributed by atoms with van der Waals surface area (Å²) in [5, 5.41) is 2.17. The average Bonchev–Trinajstić information content (AvgIpc) is 2.29. The lowest BCUT2D eigenvalue weighted by atomic mass is 10.1. The molecule has 1 aliphatic heterocycles. The standard InChI is InChI=1S/C12H14ClNS/c13-11-5-2-1-4-10(11)6-7-12-14-8-3-9-15-12/h1-2,4-5H,3,6-9H2. The summed E-state index contributed by atoms with van der Waals surface area (Å²) in [6, 6.07) is 8.05. The maximum Gasteiger partial charge on any atom is 0.0679 e. The topological polar surface area (TPSA) is 12.4 Å². The summed E-state index contributed by atoms with van der Waals surface area (Å²) in [4.78, 5) is 4.51. The highest BCUT2D eigenvalue weighted by molar-refractivity contribution is 8.14. The summed E-state index contributed by atoms with van der Waals surface area (Å²) in [5.41, 5.74) is 1.23. The molecule has 1 aliphatic rings. The van der Waals surface area contributed by atoms with E-state index in [4.69, 9.17) is 11.6 Å². The maximum absolute atomic E-state index is 6.10. The highest BCUT2D eigenvalue weighted by atomic mass is 35.5. The molecule has 0 saturated carbocycles. The van der Waals surface area contributed by atoms with Crippen LogP contribution in [-0.2, 0) is 6.42 Å². The van der Waals surface area contributed by atoms with Gasteiger partial charge < -0.3 is 0 Å². The molecule has 1 heterocycles. The van der Waals surface area contributed by atoms with Gasteiger partial charge in [0.15, 0.2) is 0 Å². The molecular weight excluding hydrogens is 226 g/mol. The Morgan fingerprint density at radius 1 is 1.27 bits per heavy atom. The third kappa shape index (κ3) is 3.25. The summed E-state index contributed by atoms with van der Waals surface area (Å²) in [7, 11) is 0. The Labute approximate surface area is 99.9 Å². The zero-order chi connectivity index (χ0) is 10.5. The van der Waals surface area contributed by atoms with E-state index in [9.17, 15) is 0 Å². The number of hydrogen-bond acceptors (Lipinski definition) is 2. The lowest BCUT2D eigenvalue weighted by molar-refractivity contribution is 0.922. The van der Waals surface area contributed by atoms with Crippen molar-refractivity contribution in [3.8, 4) is 0 Å². The van der Waals surface area contributed by atoms with E-state index in [0.717, 1.165) is 24.4 Å². The fourth-order valence-electron chi connectivity index (χ4n) is 1.60. The van der Waals surface area contributed by atoms with Gasteiger partial charge in [-0.1, -0.05) is 29.8 Å². The van der Waals surface area contributed by atoms with Gasteiger partial charge in [0, 0.05) is 17.3 Å². The van der Waals surface area contributed by atoms with Crippen LogP contribution in [0.1, 0.15) is 18.4 Å². The van der Waals surface area contributed by atoms with E-state index in [1.54, 1.807) is 0 Å². The molecule has 0 fully saturated rings. The quantitative estimate of drug-likeness (QED) is 0.782. The van der Waals surface area contributed by atoms with Crippen LogP contribution in [0.25, 0.3) is 0 Å². The molecule has 1 aromatic carbocycles. The molecule has 1 aromatic rings. The number of aryl methyl sites for hydroxylation is 1. The second kappa shape index (κ2) is 5.57. The maximum atomic E-state index is 6.10. The van der Waals surface area contributed by atoms with Gasteiger partial charge in [0.1, 0.15) is 0 Å². The monoisotopic (exact) mass is 239 g/mol. The summed E-state index contributed by atoms with van der Waals surface area (Å²) in [6.45, 7) is 1.00. The molecule has 0 saturated heterocycles. The van der Waals surface area contributed by atoms with Gasteiger partial charge in [-0.25, -0.2) is 0 Å². The van der Waals surface area contributed by atoms with Crippen LogP contribution in [0.4, 0.5) is 0 Å². The van der Waals surface area contributed by atoms with Crippen molar-refractivity contribution in [2.75, 3.05) is 12.3 Å². The molecule has 0 N–H and O–H groups in total. The Kier molecular flexibility index (Phi) is 4.09. The molecule has 1 nitrogen and oxygen atoms in total. The first kappa shape index (κ1) is 11.0. The molecule has 0 spiro atoms. The van der Waals surface area contributed by atoms with Crippen LogP contribution in [0.15, 0.2) is 29.3 Å². The highest BCUT2D eigenvalue weighted by Gasteiger charge is 2.07. The zero-order valence-corrected chi connectivity index (χ0v) is 10.2. The van der Waals surface area contributed by atoms with E-state index in [1.807, 2.05) is 30.0 Å². The second-order valence-electron chi connectivity index (χ2n) is 3.57. The Morgan fingerprint density at radius 3 is 2.87 bits per heavy atom. The Bertz CT molecular complexity index is 362. The minimum atomic E-state index is 0.874. The third-order valence-corrected chi connectivity index (χ3v) is 3.95. The van der Waals surface area contributed by atoms with Crippen molar-refractivity contribution < 1.29 is 0 Å². The van der Waals surface area contributed by atoms with Crippen LogP contribution in [0.5, 0.6) is 0 Å². The minimum absolute atomic E-state index is 0.874. The number of thioether (sulfide) groups is 1. The van der Waals surface area contributed by atoms with Crippen LogP contribution in [0.2, 0.25) is 5.02 Å². The molecule has 80 valence electrons. The van der Waals surface area contributed by atoms with Crippen LogP contribution >= 0.6 is 23.4 Å². The minimum Gasteiger partial charge on any atom is -0.283 e. The first-order valence-corrected chi connectivity index (χ1v) is 6.62. The van der Waals surface area contributed by atoms with Gasteiger partial charge in [0.05, 0.1) is 5.04 Å². The summed E-state index contributed by atoms with van der Waals surface area (Å²) < 4.78 is 0. The van der Waals surface area contributed by atoms with Crippen molar-refractivity contribution in [2.24, 2.45) is 4.99 Å². The van der Waals surface area contributed by atoms with Crippen LogP contribution in [0.3, 0.4) is 0 Å². The second-order valence-corrected chi connectivity index (χ2v) is 5.14. The van der Waals surface area contributed by atoms with E-state index in [1.165, 1.54) is 22.8 Å². The van der Waals surface area contributed by atoms with Gasteiger partial charge in [-0.3, -0.25) is 4.99 Å². The molecule has 3 heteroatoms. The highest BCUT2D eigenvalue weighted by Crippen LogP contribution is 2.20. The normalized spacial score (nSPS) is 16.2. The molecule has 15 heavy (non-hydrogen) atoms. The van der Waals surface area contributed by atoms with E-state index >= 15 is 0 Å². The van der Waals surface area contributed by atoms with Gasteiger partial charge >= 0.3 is 0 Å². The number of hydrogen-bond donors (Lipinski definition) is 0. The van der Waals surface area contributed by atoms with Crippen LogP contribution in [-0.4, -0.2) is 17.3 Å². The van der Waals surface area contributed by atoms with Crippen LogP contribution in [0, 0.1) is 0 Å². The third-order valence-electron chi connectivity index (χ3n) is 2.43. The largest absolute Gasteiger partial charge is 0.283 e. The van der Waals surface area contributed by atoms with Gasteiger partial charge in [-0.2, -0.15) is 0 Å². The number of nitrogens with zero attached hydrogens (tertiary/aromatic N) is 1. The molecule has 0 bridgehead atoms. The van der Waals surface area contributed by atoms with Gasteiger partial charge in [-0.05, 0) is 30.9 Å². The molecule has 0 amide bonds. The molecule has 0 atom stereocenters. The van der Waals surface area contributed by atoms with Gasteiger partial charge in [-0.15, -0.1) is 11.8 Å². The summed E-state index contributed by atoms with van der Waals surface area (Å²) >= 11 is 7.99. The first-order chi connectivity index (χ1) is 7.36. The number of rotatable bonds is 3. The zero-order valence-electron chi connectivity index (χ0n) is 8.58. The number of aliphatic imine (C=N–C) groups is 1. The fraction of sp³-hybridized carbons (Fsp3) is 0.417. The van der Waals surface area contributed by atoms with Gasteiger partial charge in [0.2, 0.25) is 0 Å². The predicted octanol–water partition coefficient (Wildman–Crippen LogP) is 3.81. The van der Waals surface area contributed by atoms with Crippen molar-refractivity contribution in [1.29, 1.82) is 0 Å².